The summed E-state index contributed by atoms with van der Waals surface area (Å²) in [5, 5.41) is 13.2. The van der Waals surface area contributed by atoms with Gasteiger partial charge in [-0.3, -0.25) is 9.48 Å². The molecule has 29 heavy (non-hydrogen) atoms. The highest BCUT2D eigenvalue weighted by Crippen LogP contribution is 2.26. The van der Waals surface area contributed by atoms with Crippen LogP contribution >= 0.6 is 0 Å². The summed E-state index contributed by atoms with van der Waals surface area (Å²) in [6, 6.07) is 11.8. The van der Waals surface area contributed by atoms with Crippen LogP contribution < -0.4 is 0 Å². The van der Waals surface area contributed by atoms with Crippen molar-refractivity contribution in [1.82, 2.24) is 14.7 Å². The summed E-state index contributed by atoms with van der Waals surface area (Å²) in [5.74, 6) is -0.0812. The predicted octanol–water partition coefficient (Wildman–Crippen LogP) is 3.88. The van der Waals surface area contributed by atoms with E-state index in [9.17, 15) is 9.59 Å². The fraction of sp³-hybridized carbons (Fsp3) is 0.318. The number of carbonyl (C=O) groups is 2. The maximum atomic E-state index is 12.8. The Labute approximate surface area is 168 Å². The molecule has 1 aliphatic rings. The summed E-state index contributed by atoms with van der Waals surface area (Å²) in [7, 11) is 0. The molecule has 3 aromatic rings. The number of aromatic nitrogens is 2. The molecule has 3 heterocycles. The molecule has 2 aromatic heterocycles. The Kier molecular flexibility index (Phi) is 5.20. The average molecular weight is 393 g/mol. The van der Waals surface area contributed by atoms with Gasteiger partial charge in [0.25, 0.3) is 5.91 Å². The number of piperidine rings is 1. The Bertz CT molecular complexity index is 1010. The standard InChI is InChI=1S/C22H23N3O4/c1-2-15-3-5-16(6-4-15)19-7-8-20(29-19)21(26)24-11-9-18(10-12-24)25-14-17(13-23-25)22(27)28/h3-8,13-14,18H,2,9-12H2,1H3,(H,27,28). The second-order valence-electron chi connectivity index (χ2n) is 7.25. The Balaban J connectivity index is 1.39. The van der Waals surface area contributed by atoms with Crippen molar-refractivity contribution < 1.29 is 19.1 Å². The molecule has 0 bridgehead atoms. The van der Waals surface area contributed by atoms with Crippen LogP contribution in [0.5, 0.6) is 0 Å². The third-order valence-corrected chi connectivity index (χ3v) is 5.44. The zero-order valence-corrected chi connectivity index (χ0v) is 16.2. The quantitative estimate of drug-likeness (QED) is 0.711. The van der Waals surface area contributed by atoms with Gasteiger partial charge in [0, 0.05) is 24.8 Å². The van der Waals surface area contributed by atoms with Gasteiger partial charge in [0.2, 0.25) is 0 Å². The molecule has 4 rings (SSSR count). The fourth-order valence-electron chi connectivity index (χ4n) is 3.65. The molecule has 0 radical (unpaired) electrons. The van der Waals surface area contributed by atoms with Crippen molar-refractivity contribution in [1.29, 1.82) is 0 Å². The van der Waals surface area contributed by atoms with Crippen LogP contribution in [0.1, 0.15) is 52.3 Å². The van der Waals surface area contributed by atoms with Crippen LogP contribution in [0.4, 0.5) is 0 Å². The van der Waals surface area contributed by atoms with E-state index in [2.05, 4.69) is 24.2 Å². The average Bonchev–Trinajstić information content (AvgIpc) is 3.44. The molecule has 0 saturated carbocycles. The maximum Gasteiger partial charge on any atom is 0.338 e. The Hall–Kier alpha value is -3.35. The van der Waals surface area contributed by atoms with Gasteiger partial charge >= 0.3 is 5.97 Å². The summed E-state index contributed by atoms with van der Waals surface area (Å²) in [6.07, 6.45) is 5.33. The van der Waals surface area contributed by atoms with E-state index >= 15 is 0 Å². The van der Waals surface area contributed by atoms with Crippen molar-refractivity contribution in [2.75, 3.05) is 13.1 Å². The fourth-order valence-corrected chi connectivity index (χ4v) is 3.65. The lowest BCUT2D eigenvalue weighted by Gasteiger charge is -2.31. The van der Waals surface area contributed by atoms with Gasteiger partial charge in [-0.15, -0.1) is 0 Å². The molecule has 1 saturated heterocycles. The number of aryl methyl sites for hydroxylation is 1. The number of aromatic carboxylic acids is 1. The van der Waals surface area contributed by atoms with Crippen molar-refractivity contribution in [3.05, 3.63) is 65.7 Å². The number of nitrogens with zero attached hydrogens (tertiary/aromatic N) is 3. The number of carbonyl (C=O) groups excluding carboxylic acids is 1. The van der Waals surface area contributed by atoms with E-state index in [-0.39, 0.29) is 17.5 Å². The summed E-state index contributed by atoms with van der Waals surface area (Å²) < 4.78 is 7.52. The number of hydrogen-bond acceptors (Lipinski definition) is 4. The van der Waals surface area contributed by atoms with Crippen LogP contribution in [-0.4, -0.2) is 44.8 Å². The number of furan rings is 1. The Morgan fingerprint density at radius 2 is 1.86 bits per heavy atom. The molecule has 1 amide bonds. The number of carboxylic acid groups (broad SMARTS) is 1. The van der Waals surface area contributed by atoms with Gasteiger partial charge in [-0.25, -0.2) is 4.79 Å². The number of likely N-dealkylation sites (tertiary alicyclic amines) is 1. The molecule has 150 valence electrons. The lowest BCUT2D eigenvalue weighted by Crippen LogP contribution is -2.39. The molecule has 1 aliphatic heterocycles. The number of amides is 1. The van der Waals surface area contributed by atoms with Crippen LogP contribution in [0.2, 0.25) is 0 Å². The van der Waals surface area contributed by atoms with E-state index in [1.165, 1.54) is 11.8 Å². The van der Waals surface area contributed by atoms with Crippen LogP contribution in [-0.2, 0) is 6.42 Å². The van der Waals surface area contributed by atoms with Crippen molar-refractivity contribution >= 4 is 11.9 Å². The van der Waals surface area contributed by atoms with E-state index in [1.54, 1.807) is 21.8 Å². The third-order valence-electron chi connectivity index (χ3n) is 5.44. The minimum absolute atomic E-state index is 0.0939. The van der Waals surface area contributed by atoms with Crippen molar-refractivity contribution in [2.45, 2.75) is 32.2 Å². The Morgan fingerprint density at radius 1 is 1.14 bits per heavy atom. The van der Waals surface area contributed by atoms with Crippen LogP contribution in [0.3, 0.4) is 0 Å². The first-order valence-corrected chi connectivity index (χ1v) is 9.81. The third kappa shape index (κ3) is 3.94. The molecule has 0 unspecified atom stereocenters. The van der Waals surface area contributed by atoms with Gasteiger partial charge in [0.15, 0.2) is 5.76 Å². The van der Waals surface area contributed by atoms with Crippen molar-refractivity contribution in [2.24, 2.45) is 0 Å². The molecule has 1 aromatic carbocycles. The van der Waals surface area contributed by atoms with Crippen LogP contribution in [0.15, 0.2) is 53.2 Å². The minimum Gasteiger partial charge on any atom is -0.478 e. The number of rotatable bonds is 5. The maximum absolute atomic E-state index is 12.8. The molecule has 0 aliphatic carbocycles. The first-order chi connectivity index (χ1) is 14.0. The van der Waals surface area contributed by atoms with Gasteiger partial charge in [0.05, 0.1) is 17.8 Å². The van der Waals surface area contributed by atoms with Crippen LogP contribution in [0, 0.1) is 0 Å². The van der Waals surface area contributed by atoms with E-state index in [1.807, 2.05) is 18.2 Å². The van der Waals surface area contributed by atoms with E-state index in [0.717, 1.165) is 24.8 Å². The SMILES string of the molecule is CCc1ccc(-c2ccc(C(=O)N3CCC(n4cc(C(=O)O)cn4)CC3)o2)cc1. The highest BCUT2D eigenvalue weighted by Gasteiger charge is 2.27. The zero-order chi connectivity index (χ0) is 20.4. The molecular formula is C22H23N3O4. The lowest BCUT2D eigenvalue weighted by molar-refractivity contribution is 0.0658. The molecule has 1 fully saturated rings. The summed E-state index contributed by atoms with van der Waals surface area (Å²) in [4.78, 5) is 25.6. The number of benzene rings is 1. The van der Waals surface area contributed by atoms with Gasteiger partial charge in [-0.05, 0) is 37.0 Å². The largest absolute Gasteiger partial charge is 0.478 e. The minimum atomic E-state index is -0.984. The summed E-state index contributed by atoms with van der Waals surface area (Å²) >= 11 is 0. The van der Waals surface area contributed by atoms with E-state index in [0.29, 0.717) is 24.6 Å². The second-order valence-corrected chi connectivity index (χ2v) is 7.25. The highest BCUT2D eigenvalue weighted by molar-refractivity contribution is 5.92. The molecule has 1 N–H and O–H groups in total. The first kappa shape index (κ1) is 19.0. The normalized spacial score (nSPS) is 14.9. The van der Waals surface area contributed by atoms with Gasteiger partial charge in [-0.2, -0.15) is 5.10 Å². The molecule has 7 heteroatoms. The monoisotopic (exact) mass is 393 g/mol. The van der Waals surface area contributed by atoms with Gasteiger partial charge in [-0.1, -0.05) is 31.2 Å². The van der Waals surface area contributed by atoms with Crippen molar-refractivity contribution in [3.8, 4) is 11.3 Å². The summed E-state index contributed by atoms with van der Waals surface area (Å²) in [6.45, 7) is 3.26. The van der Waals surface area contributed by atoms with Crippen LogP contribution in [0.25, 0.3) is 11.3 Å². The molecular weight excluding hydrogens is 370 g/mol. The molecule has 0 atom stereocenters. The van der Waals surface area contributed by atoms with E-state index in [4.69, 9.17) is 9.52 Å². The van der Waals surface area contributed by atoms with Gasteiger partial charge in [0.1, 0.15) is 5.76 Å². The second kappa shape index (κ2) is 7.95. The van der Waals surface area contributed by atoms with E-state index < -0.39 is 5.97 Å². The highest BCUT2D eigenvalue weighted by atomic mass is 16.4. The first-order valence-electron chi connectivity index (χ1n) is 9.81. The topological polar surface area (TPSA) is 88.6 Å². The number of carboxylic acids is 1. The predicted molar refractivity (Wildman–Crippen MR) is 107 cm³/mol. The molecule has 0 spiro atoms. The Morgan fingerprint density at radius 3 is 2.48 bits per heavy atom. The smallest absolute Gasteiger partial charge is 0.338 e. The zero-order valence-electron chi connectivity index (χ0n) is 16.2. The summed E-state index contributed by atoms with van der Waals surface area (Å²) in [5.41, 5.74) is 2.39. The number of hydrogen-bond donors (Lipinski definition) is 1. The van der Waals surface area contributed by atoms with Gasteiger partial charge < -0.3 is 14.4 Å². The molecule has 7 nitrogen and oxygen atoms in total. The lowest BCUT2D eigenvalue weighted by atomic mass is 10.1. The van der Waals surface area contributed by atoms with Crippen molar-refractivity contribution in [3.63, 3.8) is 0 Å².